The van der Waals surface area contributed by atoms with Gasteiger partial charge in [-0.2, -0.15) is 0 Å². The van der Waals surface area contributed by atoms with Crippen molar-refractivity contribution in [1.82, 2.24) is 20.4 Å². The Bertz CT molecular complexity index is 429. The van der Waals surface area contributed by atoms with E-state index in [4.69, 9.17) is 0 Å². The zero-order valence-electron chi connectivity index (χ0n) is 18.1. The molecule has 0 saturated carbocycles. The Labute approximate surface area is 183 Å². The average Bonchev–Trinajstić information content (AvgIpc) is 2.64. The first-order chi connectivity index (χ1) is 12.5. The van der Waals surface area contributed by atoms with Crippen LogP contribution in [0.5, 0.6) is 0 Å². The number of carbonyl (C=O) groups excluding carboxylic acids is 1. The van der Waals surface area contributed by atoms with Crippen molar-refractivity contribution in [3.8, 4) is 0 Å². The lowest BCUT2D eigenvalue weighted by Gasteiger charge is -2.31. The lowest BCUT2D eigenvalue weighted by atomic mass is 10.00. The van der Waals surface area contributed by atoms with Crippen molar-refractivity contribution in [3.63, 3.8) is 0 Å². The van der Waals surface area contributed by atoms with E-state index in [0.717, 1.165) is 51.5 Å². The maximum atomic E-state index is 12.3. The smallest absolute Gasteiger partial charge is 0.224 e. The van der Waals surface area contributed by atoms with E-state index < -0.39 is 0 Å². The number of hydrogen-bond donors (Lipinski definition) is 2. The Kier molecular flexibility index (Phi) is 15.0. The summed E-state index contributed by atoms with van der Waals surface area (Å²) in [6.07, 6.45) is 5.20. The van der Waals surface area contributed by atoms with Crippen LogP contribution in [0.3, 0.4) is 0 Å². The van der Waals surface area contributed by atoms with Gasteiger partial charge < -0.3 is 20.4 Å². The second-order valence-corrected chi connectivity index (χ2v) is 7.55. The van der Waals surface area contributed by atoms with Crippen LogP contribution in [0.2, 0.25) is 0 Å². The summed E-state index contributed by atoms with van der Waals surface area (Å²) in [6.45, 7) is 14.7. The highest BCUT2D eigenvalue weighted by atomic mass is 127. The highest BCUT2D eigenvalue weighted by molar-refractivity contribution is 14.0. The molecule has 2 atom stereocenters. The highest BCUT2D eigenvalue weighted by Gasteiger charge is 2.20. The van der Waals surface area contributed by atoms with Crippen LogP contribution in [0.25, 0.3) is 0 Å². The van der Waals surface area contributed by atoms with Crippen molar-refractivity contribution in [2.45, 2.75) is 65.8 Å². The van der Waals surface area contributed by atoms with Gasteiger partial charge >= 0.3 is 0 Å². The molecule has 1 saturated heterocycles. The molecule has 0 aromatic carbocycles. The molecule has 1 rings (SSSR count). The van der Waals surface area contributed by atoms with E-state index >= 15 is 0 Å². The van der Waals surface area contributed by atoms with Crippen LogP contribution in [0.1, 0.15) is 59.8 Å². The first-order valence-corrected chi connectivity index (χ1v) is 10.5. The summed E-state index contributed by atoms with van der Waals surface area (Å²) in [7, 11) is 1.78. The van der Waals surface area contributed by atoms with Crippen molar-refractivity contribution in [3.05, 3.63) is 0 Å². The SMILES string of the molecule is CCN(CC)CCCC(C)NC(=NC)NCCC(=O)N1CCCC(C)C1.I. The number of rotatable bonds is 10. The molecule has 2 unspecified atom stereocenters. The molecule has 0 aromatic heterocycles. The van der Waals surface area contributed by atoms with Gasteiger partial charge in [-0.05, 0) is 58.2 Å². The minimum atomic E-state index is 0. The van der Waals surface area contributed by atoms with Gasteiger partial charge in [0, 0.05) is 39.1 Å². The van der Waals surface area contributed by atoms with E-state index in [-0.39, 0.29) is 29.9 Å². The van der Waals surface area contributed by atoms with Crippen LogP contribution in [-0.2, 0) is 4.79 Å². The summed E-state index contributed by atoms with van der Waals surface area (Å²) in [5.41, 5.74) is 0. The Morgan fingerprint density at radius 2 is 2.04 bits per heavy atom. The number of likely N-dealkylation sites (tertiary alicyclic amines) is 1. The number of piperidine rings is 1. The highest BCUT2D eigenvalue weighted by Crippen LogP contribution is 2.15. The fourth-order valence-corrected chi connectivity index (χ4v) is 3.52. The second-order valence-electron chi connectivity index (χ2n) is 7.55. The predicted octanol–water partition coefficient (Wildman–Crippen LogP) is 2.93. The van der Waals surface area contributed by atoms with E-state index in [0.29, 0.717) is 24.9 Å². The summed E-state index contributed by atoms with van der Waals surface area (Å²) in [5, 5.41) is 6.72. The Balaban J connectivity index is 0.00000676. The van der Waals surface area contributed by atoms with Gasteiger partial charge in [0.1, 0.15) is 0 Å². The molecule has 6 nitrogen and oxygen atoms in total. The molecule has 0 bridgehead atoms. The molecule has 1 amide bonds. The molecule has 0 aliphatic carbocycles. The van der Waals surface area contributed by atoms with Crippen molar-refractivity contribution >= 4 is 35.8 Å². The molecule has 27 heavy (non-hydrogen) atoms. The minimum Gasteiger partial charge on any atom is -0.356 e. The van der Waals surface area contributed by atoms with E-state index in [2.05, 4.69) is 48.2 Å². The van der Waals surface area contributed by atoms with Gasteiger partial charge in [-0.3, -0.25) is 9.79 Å². The predicted molar refractivity (Wildman–Crippen MR) is 126 cm³/mol. The fraction of sp³-hybridized carbons (Fsp3) is 0.900. The molecule has 7 heteroatoms. The van der Waals surface area contributed by atoms with Crippen molar-refractivity contribution in [2.24, 2.45) is 10.9 Å². The summed E-state index contributed by atoms with van der Waals surface area (Å²) < 4.78 is 0. The van der Waals surface area contributed by atoms with E-state index in [1.54, 1.807) is 7.05 Å². The third kappa shape index (κ3) is 11.1. The van der Waals surface area contributed by atoms with Gasteiger partial charge in [0.05, 0.1) is 0 Å². The number of nitrogens with one attached hydrogen (secondary N) is 2. The molecule has 2 N–H and O–H groups in total. The Hall–Kier alpha value is -0.570. The maximum Gasteiger partial charge on any atom is 0.224 e. The second kappa shape index (κ2) is 15.4. The van der Waals surface area contributed by atoms with Crippen LogP contribution in [-0.4, -0.2) is 74.0 Å². The Morgan fingerprint density at radius 1 is 1.33 bits per heavy atom. The van der Waals surface area contributed by atoms with Gasteiger partial charge in [-0.25, -0.2) is 0 Å². The third-order valence-electron chi connectivity index (χ3n) is 5.25. The molecule has 1 aliphatic rings. The van der Waals surface area contributed by atoms with Gasteiger partial charge in [-0.1, -0.05) is 20.8 Å². The van der Waals surface area contributed by atoms with Crippen molar-refractivity contribution in [1.29, 1.82) is 0 Å². The molecule has 1 heterocycles. The van der Waals surface area contributed by atoms with Crippen LogP contribution >= 0.6 is 24.0 Å². The first-order valence-electron chi connectivity index (χ1n) is 10.5. The van der Waals surface area contributed by atoms with Crippen LogP contribution in [0, 0.1) is 5.92 Å². The van der Waals surface area contributed by atoms with Crippen molar-refractivity contribution < 1.29 is 4.79 Å². The lowest BCUT2D eigenvalue weighted by Crippen LogP contribution is -2.44. The third-order valence-corrected chi connectivity index (χ3v) is 5.25. The molecule has 1 fully saturated rings. The van der Waals surface area contributed by atoms with Crippen LogP contribution in [0.4, 0.5) is 0 Å². The molecular formula is C20H42IN5O. The maximum absolute atomic E-state index is 12.3. The molecule has 0 spiro atoms. The summed E-state index contributed by atoms with van der Waals surface area (Å²) >= 11 is 0. The van der Waals surface area contributed by atoms with Crippen molar-refractivity contribution in [2.75, 3.05) is 46.3 Å². The largest absolute Gasteiger partial charge is 0.356 e. The number of hydrogen-bond acceptors (Lipinski definition) is 3. The summed E-state index contributed by atoms with van der Waals surface area (Å²) in [4.78, 5) is 21.1. The number of carbonyl (C=O) groups is 1. The van der Waals surface area contributed by atoms with Gasteiger partial charge in [-0.15, -0.1) is 24.0 Å². The van der Waals surface area contributed by atoms with Gasteiger partial charge in [0.15, 0.2) is 5.96 Å². The minimum absolute atomic E-state index is 0. The standard InChI is InChI=1S/C20H41N5O.HI/c1-6-24(7-2)14-9-11-18(4)23-20(21-5)22-13-12-19(26)25-15-8-10-17(3)16-25;/h17-18H,6-16H2,1-5H3,(H2,21,22,23);1H. The Morgan fingerprint density at radius 3 is 2.63 bits per heavy atom. The molecule has 1 aliphatic heterocycles. The normalized spacial score (nSPS) is 18.8. The number of aliphatic imine (C=N–C) groups is 1. The first kappa shape index (κ1) is 26.4. The monoisotopic (exact) mass is 495 g/mol. The quantitative estimate of drug-likeness (QED) is 0.278. The van der Waals surface area contributed by atoms with Gasteiger partial charge in [0.2, 0.25) is 5.91 Å². The van der Waals surface area contributed by atoms with Crippen LogP contribution < -0.4 is 10.6 Å². The molecule has 0 radical (unpaired) electrons. The van der Waals surface area contributed by atoms with Gasteiger partial charge in [0.25, 0.3) is 0 Å². The van der Waals surface area contributed by atoms with E-state index in [1.807, 2.05) is 4.90 Å². The number of nitrogens with zero attached hydrogens (tertiary/aromatic N) is 3. The van der Waals surface area contributed by atoms with E-state index in [9.17, 15) is 4.79 Å². The molecule has 0 aromatic rings. The number of amides is 1. The number of guanidine groups is 1. The molecular weight excluding hydrogens is 453 g/mol. The average molecular weight is 495 g/mol. The lowest BCUT2D eigenvalue weighted by molar-refractivity contribution is -0.132. The van der Waals surface area contributed by atoms with Crippen LogP contribution in [0.15, 0.2) is 4.99 Å². The summed E-state index contributed by atoms with van der Waals surface area (Å²) in [6, 6.07) is 0.371. The molecule has 160 valence electrons. The zero-order valence-corrected chi connectivity index (χ0v) is 20.4. The number of halogens is 1. The topological polar surface area (TPSA) is 60.0 Å². The zero-order chi connectivity index (χ0) is 19.4. The van der Waals surface area contributed by atoms with E-state index in [1.165, 1.54) is 12.8 Å². The summed E-state index contributed by atoms with van der Waals surface area (Å²) in [5.74, 6) is 1.68. The fourth-order valence-electron chi connectivity index (χ4n) is 3.52.